The molecule has 0 spiro atoms. The third kappa shape index (κ3) is 2.76. The van der Waals surface area contributed by atoms with Crippen molar-refractivity contribution in [2.24, 2.45) is 7.05 Å². The molecule has 0 saturated carbocycles. The zero-order valence-corrected chi connectivity index (χ0v) is 11.3. The largest absolute Gasteiger partial charge is 0.382 e. The van der Waals surface area contributed by atoms with Crippen LogP contribution in [0.25, 0.3) is 0 Å². The van der Waals surface area contributed by atoms with E-state index in [1.165, 1.54) is 16.4 Å². The van der Waals surface area contributed by atoms with Crippen molar-refractivity contribution in [2.45, 2.75) is 19.8 Å². The van der Waals surface area contributed by atoms with Crippen LogP contribution in [0.4, 0.5) is 11.5 Å². The van der Waals surface area contributed by atoms with Crippen LogP contribution < -0.4 is 11.1 Å². The molecule has 1 aromatic heterocycles. The maximum Gasteiger partial charge on any atom is 0.255 e. The summed E-state index contributed by atoms with van der Waals surface area (Å²) in [6, 6.07) is 7.56. The Hall–Kier alpha value is -2.30. The second-order valence-corrected chi connectivity index (χ2v) is 4.80. The van der Waals surface area contributed by atoms with Crippen molar-refractivity contribution in [1.29, 1.82) is 0 Å². The Bertz CT molecular complexity index is 584. The summed E-state index contributed by atoms with van der Waals surface area (Å²) < 4.78 is 1.51. The summed E-state index contributed by atoms with van der Waals surface area (Å²) in [5, 5.41) is 6.73. The predicted molar refractivity (Wildman–Crippen MR) is 76.1 cm³/mol. The van der Waals surface area contributed by atoms with Crippen molar-refractivity contribution in [3.8, 4) is 0 Å². The summed E-state index contributed by atoms with van der Waals surface area (Å²) in [5.74, 6) is 0.702. The molecule has 0 aliphatic heterocycles. The number of nitrogens with two attached hydrogens (primary N) is 1. The lowest BCUT2D eigenvalue weighted by Crippen LogP contribution is -2.13. The van der Waals surface area contributed by atoms with Crippen LogP contribution >= 0.6 is 0 Å². The van der Waals surface area contributed by atoms with Crippen molar-refractivity contribution in [2.75, 3.05) is 11.1 Å². The van der Waals surface area contributed by atoms with Crippen molar-refractivity contribution in [3.05, 3.63) is 41.6 Å². The molecule has 100 valence electrons. The molecule has 1 heterocycles. The van der Waals surface area contributed by atoms with E-state index in [4.69, 9.17) is 5.73 Å². The van der Waals surface area contributed by atoms with E-state index in [-0.39, 0.29) is 5.91 Å². The molecule has 19 heavy (non-hydrogen) atoms. The Morgan fingerprint density at radius 2 is 1.95 bits per heavy atom. The summed E-state index contributed by atoms with van der Waals surface area (Å²) in [7, 11) is 1.72. The first-order valence-corrected chi connectivity index (χ1v) is 6.18. The topological polar surface area (TPSA) is 72.9 Å². The second-order valence-electron chi connectivity index (χ2n) is 4.80. The van der Waals surface area contributed by atoms with Crippen LogP contribution in [0.3, 0.4) is 0 Å². The van der Waals surface area contributed by atoms with Crippen LogP contribution in [0.5, 0.6) is 0 Å². The summed E-state index contributed by atoms with van der Waals surface area (Å²) in [6.45, 7) is 4.23. The number of anilines is 2. The number of aryl methyl sites for hydroxylation is 1. The first kappa shape index (κ1) is 13.1. The predicted octanol–water partition coefficient (Wildman–Crippen LogP) is 2.38. The summed E-state index contributed by atoms with van der Waals surface area (Å²) >= 11 is 0. The molecule has 0 atom stereocenters. The lowest BCUT2D eigenvalue weighted by atomic mass is 10.0. The average molecular weight is 258 g/mol. The van der Waals surface area contributed by atoms with E-state index in [9.17, 15) is 4.79 Å². The van der Waals surface area contributed by atoms with E-state index in [1.54, 1.807) is 7.05 Å². The molecule has 1 amide bonds. The number of nitrogens with one attached hydrogen (secondary N) is 1. The minimum absolute atomic E-state index is 0.185. The monoisotopic (exact) mass is 258 g/mol. The average Bonchev–Trinajstić information content (AvgIpc) is 2.71. The van der Waals surface area contributed by atoms with Crippen LogP contribution in [0.1, 0.15) is 35.7 Å². The first-order valence-electron chi connectivity index (χ1n) is 6.18. The highest BCUT2D eigenvalue weighted by atomic mass is 16.1. The number of nitrogens with zero attached hydrogens (tertiary/aromatic N) is 2. The van der Waals surface area contributed by atoms with Crippen LogP contribution in [0, 0.1) is 0 Å². The third-order valence-corrected chi connectivity index (χ3v) is 3.07. The molecule has 0 fully saturated rings. The SMILES string of the molecule is CC(C)c1ccc(C(=O)Nc2cnn(C)c2N)cc1. The summed E-state index contributed by atoms with van der Waals surface area (Å²) in [4.78, 5) is 12.1. The highest BCUT2D eigenvalue weighted by molar-refractivity contribution is 6.05. The van der Waals surface area contributed by atoms with Gasteiger partial charge in [0.25, 0.3) is 5.91 Å². The molecule has 2 rings (SSSR count). The number of carbonyl (C=O) groups excluding carboxylic acids is 1. The van der Waals surface area contributed by atoms with Gasteiger partial charge in [-0.1, -0.05) is 26.0 Å². The molecule has 0 unspecified atom stereocenters. The number of amides is 1. The maximum atomic E-state index is 12.1. The fourth-order valence-corrected chi connectivity index (χ4v) is 1.76. The van der Waals surface area contributed by atoms with E-state index in [2.05, 4.69) is 24.3 Å². The highest BCUT2D eigenvalue weighted by Crippen LogP contribution is 2.18. The zero-order valence-electron chi connectivity index (χ0n) is 11.3. The standard InChI is InChI=1S/C14H18N4O/c1-9(2)10-4-6-11(7-5-10)14(19)17-12-8-16-18(3)13(12)15/h4-9H,15H2,1-3H3,(H,17,19). The molecule has 1 aromatic carbocycles. The molecule has 5 nitrogen and oxygen atoms in total. The minimum atomic E-state index is -0.185. The number of carbonyl (C=O) groups is 1. The van der Waals surface area contributed by atoms with E-state index in [0.29, 0.717) is 23.0 Å². The van der Waals surface area contributed by atoms with Gasteiger partial charge in [0, 0.05) is 12.6 Å². The lowest BCUT2D eigenvalue weighted by molar-refractivity contribution is 0.102. The van der Waals surface area contributed by atoms with Crippen molar-refractivity contribution >= 4 is 17.4 Å². The Morgan fingerprint density at radius 1 is 1.32 bits per heavy atom. The van der Waals surface area contributed by atoms with E-state index in [1.807, 2.05) is 24.3 Å². The van der Waals surface area contributed by atoms with Crippen LogP contribution in [0.15, 0.2) is 30.5 Å². The molecule has 0 aliphatic carbocycles. The smallest absolute Gasteiger partial charge is 0.255 e. The fourth-order valence-electron chi connectivity index (χ4n) is 1.76. The molecular formula is C14H18N4O. The molecular weight excluding hydrogens is 240 g/mol. The van der Waals surface area contributed by atoms with Gasteiger partial charge in [0.1, 0.15) is 11.5 Å². The summed E-state index contributed by atoms with van der Waals surface area (Å²) in [6.07, 6.45) is 1.54. The van der Waals surface area contributed by atoms with Gasteiger partial charge < -0.3 is 11.1 Å². The Kier molecular flexibility index (Phi) is 3.55. The number of nitrogen functional groups attached to an aromatic ring is 1. The summed E-state index contributed by atoms with van der Waals surface area (Å²) in [5.41, 5.74) is 8.12. The van der Waals surface area contributed by atoms with Gasteiger partial charge >= 0.3 is 0 Å². The van der Waals surface area contributed by atoms with E-state index >= 15 is 0 Å². The first-order chi connectivity index (χ1) is 8.99. The lowest BCUT2D eigenvalue weighted by Gasteiger charge is -2.07. The normalized spacial score (nSPS) is 10.7. The number of aromatic nitrogens is 2. The Balaban J connectivity index is 2.14. The second kappa shape index (κ2) is 5.14. The quantitative estimate of drug-likeness (QED) is 0.887. The number of benzene rings is 1. The zero-order chi connectivity index (χ0) is 14.0. The van der Waals surface area contributed by atoms with Gasteiger partial charge in [-0.2, -0.15) is 5.10 Å². The van der Waals surface area contributed by atoms with Crippen molar-refractivity contribution < 1.29 is 4.79 Å². The van der Waals surface area contributed by atoms with Gasteiger partial charge in [-0.15, -0.1) is 0 Å². The van der Waals surface area contributed by atoms with E-state index < -0.39 is 0 Å². The molecule has 3 N–H and O–H groups in total. The minimum Gasteiger partial charge on any atom is -0.382 e. The van der Waals surface area contributed by atoms with Gasteiger partial charge in [-0.25, -0.2) is 0 Å². The van der Waals surface area contributed by atoms with Gasteiger partial charge in [-0.05, 0) is 23.6 Å². The molecule has 5 heteroatoms. The van der Waals surface area contributed by atoms with E-state index in [0.717, 1.165) is 0 Å². The van der Waals surface area contributed by atoms with Gasteiger partial charge in [-0.3, -0.25) is 9.48 Å². The third-order valence-electron chi connectivity index (χ3n) is 3.07. The van der Waals surface area contributed by atoms with Crippen LogP contribution in [-0.2, 0) is 7.05 Å². The van der Waals surface area contributed by atoms with Crippen molar-refractivity contribution in [1.82, 2.24) is 9.78 Å². The maximum absolute atomic E-state index is 12.1. The molecule has 0 bridgehead atoms. The molecule has 2 aromatic rings. The van der Waals surface area contributed by atoms with Gasteiger partial charge in [0.15, 0.2) is 0 Å². The fraction of sp³-hybridized carbons (Fsp3) is 0.286. The van der Waals surface area contributed by atoms with Gasteiger partial charge in [0.05, 0.1) is 6.20 Å². The Morgan fingerprint density at radius 3 is 2.42 bits per heavy atom. The highest BCUT2D eigenvalue weighted by Gasteiger charge is 2.11. The van der Waals surface area contributed by atoms with Crippen LogP contribution in [0.2, 0.25) is 0 Å². The number of hydrogen-bond acceptors (Lipinski definition) is 3. The molecule has 0 aliphatic rings. The molecule has 0 saturated heterocycles. The van der Waals surface area contributed by atoms with Crippen LogP contribution in [-0.4, -0.2) is 15.7 Å². The van der Waals surface area contributed by atoms with Crippen molar-refractivity contribution in [3.63, 3.8) is 0 Å². The number of rotatable bonds is 3. The van der Waals surface area contributed by atoms with Gasteiger partial charge in [0.2, 0.25) is 0 Å². The Labute approximate surface area is 112 Å². The molecule has 0 radical (unpaired) electrons. The number of hydrogen-bond donors (Lipinski definition) is 2.